The fourth-order valence-electron chi connectivity index (χ4n) is 2.19. The maximum absolute atomic E-state index is 5.58. The monoisotopic (exact) mass is 235 g/mol. The van der Waals surface area contributed by atoms with Crippen molar-refractivity contribution >= 4 is 16.6 Å². The Kier molecular flexibility index (Phi) is 2.45. The zero-order valence-corrected chi connectivity index (χ0v) is 10.1. The van der Waals surface area contributed by atoms with Crippen LogP contribution in [0.15, 0.2) is 48.8 Å². The summed E-state index contributed by atoms with van der Waals surface area (Å²) in [5.74, 6) is 0.441. The van der Waals surface area contributed by atoms with Gasteiger partial charge in [-0.2, -0.15) is 0 Å². The van der Waals surface area contributed by atoms with Crippen LogP contribution >= 0.6 is 0 Å². The highest BCUT2D eigenvalue weighted by molar-refractivity contribution is 5.97. The topological polar surface area (TPSA) is 51.8 Å². The number of rotatable bonds is 1. The maximum Gasteiger partial charge on any atom is 0.141 e. The third-order valence-corrected chi connectivity index (χ3v) is 3.07. The van der Waals surface area contributed by atoms with Gasteiger partial charge >= 0.3 is 0 Å². The Bertz CT molecular complexity index is 703. The molecule has 3 heteroatoms. The molecule has 0 saturated carbocycles. The van der Waals surface area contributed by atoms with Crippen LogP contribution in [0.2, 0.25) is 0 Å². The van der Waals surface area contributed by atoms with Crippen molar-refractivity contribution in [3.05, 3.63) is 54.4 Å². The average molecular weight is 235 g/mol. The number of nitrogen functional groups attached to an aromatic ring is 1. The van der Waals surface area contributed by atoms with Crippen molar-refractivity contribution in [1.82, 2.24) is 9.97 Å². The van der Waals surface area contributed by atoms with Crippen molar-refractivity contribution in [3.8, 4) is 11.3 Å². The highest BCUT2D eigenvalue weighted by Crippen LogP contribution is 2.30. The smallest absolute Gasteiger partial charge is 0.141 e. The van der Waals surface area contributed by atoms with Crippen LogP contribution in [0.4, 0.5) is 5.82 Å². The van der Waals surface area contributed by atoms with Crippen LogP contribution < -0.4 is 5.73 Å². The van der Waals surface area contributed by atoms with Gasteiger partial charge < -0.3 is 5.73 Å². The molecular formula is C15H13N3. The van der Waals surface area contributed by atoms with Crippen molar-refractivity contribution in [2.45, 2.75) is 6.92 Å². The zero-order valence-electron chi connectivity index (χ0n) is 10.1. The summed E-state index contributed by atoms with van der Waals surface area (Å²) in [6, 6.07) is 12.5. The molecule has 18 heavy (non-hydrogen) atoms. The van der Waals surface area contributed by atoms with E-state index in [1.807, 2.05) is 12.1 Å². The molecule has 0 unspecified atom stereocenters. The van der Waals surface area contributed by atoms with E-state index in [2.05, 4.69) is 41.2 Å². The van der Waals surface area contributed by atoms with E-state index in [-0.39, 0.29) is 0 Å². The molecule has 2 aromatic carbocycles. The van der Waals surface area contributed by atoms with Crippen molar-refractivity contribution in [3.63, 3.8) is 0 Å². The summed E-state index contributed by atoms with van der Waals surface area (Å²) in [4.78, 5) is 8.49. The molecule has 3 rings (SSSR count). The SMILES string of the molecule is Cc1ccc2ccccc2c1-c1cnc(N)cn1. The standard InChI is InChI=1S/C15H13N3/c1-10-6-7-11-4-2-3-5-12(11)15(10)13-8-18-14(16)9-17-13/h2-9H,1H3,(H2,16,18). The van der Waals surface area contributed by atoms with Gasteiger partial charge in [0.05, 0.1) is 18.1 Å². The fourth-order valence-corrected chi connectivity index (χ4v) is 2.19. The predicted octanol–water partition coefficient (Wildman–Crippen LogP) is 3.19. The van der Waals surface area contributed by atoms with Gasteiger partial charge in [-0.1, -0.05) is 36.4 Å². The van der Waals surface area contributed by atoms with Gasteiger partial charge in [0.2, 0.25) is 0 Å². The van der Waals surface area contributed by atoms with Gasteiger partial charge in [0, 0.05) is 5.56 Å². The van der Waals surface area contributed by atoms with Crippen LogP contribution in [0.3, 0.4) is 0 Å². The van der Waals surface area contributed by atoms with Crippen molar-refractivity contribution < 1.29 is 0 Å². The summed E-state index contributed by atoms with van der Waals surface area (Å²) >= 11 is 0. The molecule has 0 spiro atoms. The van der Waals surface area contributed by atoms with Gasteiger partial charge in [0.25, 0.3) is 0 Å². The number of aryl methyl sites for hydroxylation is 1. The molecule has 0 fully saturated rings. The van der Waals surface area contributed by atoms with E-state index in [9.17, 15) is 0 Å². The number of nitrogens with two attached hydrogens (primary N) is 1. The van der Waals surface area contributed by atoms with Crippen LogP contribution in [0, 0.1) is 6.92 Å². The highest BCUT2D eigenvalue weighted by Gasteiger charge is 2.08. The quantitative estimate of drug-likeness (QED) is 0.704. The van der Waals surface area contributed by atoms with Gasteiger partial charge in [-0.3, -0.25) is 4.98 Å². The number of aromatic nitrogens is 2. The first-order chi connectivity index (χ1) is 8.75. The molecule has 1 aromatic heterocycles. The van der Waals surface area contributed by atoms with E-state index >= 15 is 0 Å². The van der Waals surface area contributed by atoms with E-state index < -0.39 is 0 Å². The minimum Gasteiger partial charge on any atom is -0.382 e. The zero-order chi connectivity index (χ0) is 12.5. The van der Waals surface area contributed by atoms with Crippen molar-refractivity contribution in [2.24, 2.45) is 0 Å². The first-order valence-corrected chi connectivity index (χ1v) is 5.82. The molecule has 0 atom stereocenters. The third-order valence-electron chi connectivity index (χ3n) is 3.07. The Morgan fingerprint density at radius 3 is 2.56 bits per heavy atom. The predicted molar refractivity (Wildman–Crippen MR) is 74.1 cm³/mol. The van der Waals surface area contributed by atoms with Crippen molar-refractivity contribution in [2.75, 3.05) is 5.73 Å². The second kappa shape index (κ2) is 4.11. The highest BCUT2D eigenvalue weighted by atomic mass is 14.9. The first kappa shape index (κ1) is 10.7. The Hall–Kier alpha value is -2.42. The molecule has 3 nitrogen and oxygen atoms in total. The number of hydrogen-bond donors (Lipinski definition) is 1. The molecule has 0 aliphatic heterocycles. The molecule has 0 amide bonds. The van der Waals surface area contributed by atoms with Gasteiger partial charge in [-0.25, -0.2) is 4.98 Å². The van der Waals surface area contributed by atoms with E-state index in [1.165, 1.54) is 16.3 Å². The molecule has 88 valence electrons. The number of nitrogens with zero attached hydrogens (tertiary/aromatic N) is 2. The molecule has 1 heterocycles. The lowest BCUT2D eigenvalue weighted by Gasteiger charge is -2.09. The molecule has 2 N–H and O–H groups in total. The first-order valence-electron chi connectivity index (χ1n) is 5.82. The normalized spacial score (nSPS) is 10.7. The number of fused-ring (bicyclic) bond motifs is 1. The Labute approximate surface area is 105 Å². The minimum atomic E-state index is 0.441. The summed E-state index contributed by atoms with van der Waals surface area (Å²) in [7, 11) is 0. The van der Waals surface area contributed by atoms with Crippen LogP contribution in [0.1, 0.15) is 5.56 Å². The molecule has 0 aliphatic carbocycles. The Morgan fingerprint density at radius 2 is 1.78 bits per heavy atom. The summed E-state index contributed by atoms with van der Waals surface area (Å²) < 4.78 is 0. The summed E-state index contributed by atoms with van der Waals surface area (Å²) in [6.07, 6.45) is 3.32. The minimum absolute atomic E-state index is 0.441. The lowest BCUT2D eigenvalue weighted by atomic mass is 9.98. The number of anilines is 1. The molecule has 0 radical (unpaired) electrons. The lowest BCUT2D eigenvalue weighted by Crippen LogP contribution is -1.94. The van der Waals surface area contributed by atoms with Gasteiger partial charge in [-0.05, 0) is 23.3 Å². The fraction of sp³-hybridized carbons (Fsp3) is 0.0667. The second-order valence-electron chi connectivity index (χ2n) is 4.31. The summed E-state index contributed by atoms with van der Waals surface area (Å²) in [5, 5.41) is 2.40. The molecule has 0 aliphatic rings. The second-order valence-corrected chi connectivity index (χ2v) is 4.31. The van der Waals surface area contributed by atoms with Crippen LogP contribution in [0.25, 0.3) is 22.0 Å². The third kappa shape index (κ3) is 1.70. The molecular weight excluding hydrogens is 222 g/mol. The average Bonchev–Trinajstić information content (AvgIpc) is 2.40. The van der Waals surface area contributed by atoms with Gasteiger partial charge in [-0.15, -0.1) is 0 Å². The van der Waals surface area contributed by atoms with E-state index in [0.717, 1.165) is 11.3 Å². The van der Waals surface area contributed by atoms with E-state index in [4.69, 9.17) is 5.73 Å². The lowest BCUT2D eigenvalue weighted by molar-refractivity contribution is 1.21. The summed E-state index contributed by atoms with van der Waals surface area (Å²) in [6.45, 7) is 2.08. The Balaban J connectivity index is 2.33. The van der Waals surface area contributed by atoms with Crippen LogP contribution in [-0.4, -0.2) is 9.97 Å². The van der Waals surface area contributed by atoms with Crippen LogP contribution in [-0.2, 0) is 0 Å². The maximum atomic E-state index is 5.58. The summed E-state index contributed by atoms with van der Waals surface area (Å²) in [5.41, 5.74) is 8.75. The Morgan fingerprint density at radius 1 is 0.944 bits per heavy atom. The number of hydrogen-bond acceptors (Lipinski definition) is 3. The molecule has 3 aromatic rings. The largest absolute Gasteiger partial charge is 0.382 e. The van der Waals surface area contributed by atoms with Gasteiger partial charge in [0.15, 0.2) is 0 Å². The van der Waals surface area contributed by atoms with E-state index in [0.29, 0.717) is 5.82 Å². The van der Waals surface area contributed by atoms with Gasteiger partial charge in [0.1, 0.15) is 5.82 Å². The molecule has 0 bridgehead atoms. The van der Waals surface area contributed by atoms with E-state index in [1.54, 1.807) is 12.4 Å². The molecule has 0 saturated heterocycles. The van der Waals surface area contributed by atoms with Crippen LogP contribution in [0.5, 0.6) is 0 Å². The number of benzene rings is 2. The van der Waals surface area contributed by atoms with Crippen molar-refractivity contribution in [1.29, 1.82) is 0 Å².